The molecule has 0 radical (unpaired) electrons. The third-order valence-corrected chi connectivity index (χ3v) is 7.95. The number of aryl methyl sites for hydroxylation is 1. The number of hydrogen-bond donors (Lipinski definition) is 4. The lowest BCUT2D eigenvalue weighted by atomic mass is 10.1. The fourth-order valence-corrected chi connectivity index (χ4v) is 5.69. The predicted molar refractivity (Wildman–Crippen MR) is 175 cm³/mol. The van der Waals surface area contributed by atoms with Crippen LogP contribution in [-0.4, -0.2) is 44.1 Å². The number of rotatable bonds is 8. The number of nitrogens with one attached hydrogen (secondary N) is 3. The van der Waals surface area contributed by atoms with E-state index in [9.17, 15) is 18.0 Å². The first-order valence-corrected chi connectivity index (χ1v) is 15.8. The van der Waals surface area contributed by atoms with Gasteiger partial charge in [-0.15, -0.1) is 0 Å². The summed E-state index contributed by atoms with van der Waals surface area (Å²) < 4.78 is 22.5. The Morgan fingerprint density at radius 1 is 0.953 bits per heavy atom. The van der Waals surface area contributed by atoms with Crippen molar-refractivity contribution in [1.29, 1.82) is 0 Å². The van der Waals surface area contributed by atoms with Crippen molar-refractivity contribution in [3.8, 4) is 0 Å². The summed E-state index contributed by atoms with van der Waals surface area (Å²) in [4.78, 5) is 34.2. The van der Waals surface area contributed by atoms with E-state index in [0.29, 0.717) is 16.9 Å². The minimum Gasteiger partial charge on any atom is -0.384 e. The predicted octanol–water partition coefficient (Wildman–Crippen LogP) is 6.27. The largest absolute Gasteiger partial charge is 0.384 e. The van der Waals surface area contributed by atoms with Crippen molar-refractivity contribution in [3.05, 3.63) is 73.1 Å². The number of carbonyl (C=O) groups excluding carboxylic acids is 2. The molecular formula is C26H22Cl5N7O4S. The van der Waals surface area contributed by atoms with Gasteiger partial charge in [-0.25, -0.2) is 28.6 Å². The number of nitrogens with two attached hydrogens (primary N) is 1. The normalized spacial score (nSPS) is 15.3. The minimum atomic E-state index is -3.66. The maximum atomic E-state index is 13.8. The molecule has 1 heterocycles. The molecule has 2 amide bonds. The Morgan fingerprint density at radius 3 is 2.21 bits per heavy atom. The van der Waals surface area contributed by atoms with E-state index in [2.05, 4.69) is 26.0 Å². The number of amidine groups is 1. The molecule has 17 heteroatoms. The summed E-state index contributed by atoms with van der Waals surface area (Å²) in [6.45, 7) is 3.17. The van der Waals surface area contributed by atoms with Crippen molar-refractivity contribution in [2.45, 2.75) is 13.8 Å². The van der Waals surface area contributed by atoms with Gasteiger partial charge in [-0.2, -0.15) is 0 Å². The third kappa shape index (κ3) is 8.09. The molecular weight excluding hydrogens is 684 g/mol. The van der Waals surface area contributed by atoms with Gasteiger partial charge in [-0.1, -0.05) is 58.0 Å². The van der Waals surface area contributed by atoms with E-state index in [1.165, 1.54) is 25.1 Å². The van der Waals surface area contributed by atoms with Crippen molar-refractivity contribution in [2.24, 2.45) is 15.1 Å². The minimum absolute atomic E-state index is 0.00895. The Hall–Kier alpha value is -3.10. The average molecular weight is 706 g/mol. The lowest BCUT2D eigenvalue weighted by Crippen LogP contribution is -2.36. The van der Waals surface area contributed by atoms with Gasteiger partial charge in [0.2, 0.25) is 15.9 Å². The summed E-state index contributed by atoms with van der Waals surface area (Å²) in [5, 5.41) is 12.5. The molecule has 5 N–H and O–H groups in total. The molecule has 1 fully saturated rings. The van der Waals surface area contributed by atoms with E-state index in [1.54, 1.807) is 31.2 Å². The van der Waals surface area contributed by atoms with Crippen LogP contribution in [-0.2, 0) is 19.6 Å². The van der Waals surface area contributed by atoms with Crippen LogP contribution < -0.4 is 26.2 Å². The van der Waals surface area contributed by atoms with Gasteiger partial charge < -0.3 is 10.6 Å². The molecule has 0 unspecified atom stereocenters. The van der Waals surface area contributed by atoms with Crippen molar-refractivity contribution in [3.63, 3.8) is 0 Å². The smallest absolute Gasteiger partial charge is 0.299 e. The number of carbonyl (C=O) groups is 2. The maximum absolute atomic E-state index is 13.8. The molecule has 0 atom stereocenters. The number of primary sulfonamides is 1. The van der Waals surface area contributed by atoms with E-state index in [1.807, 2.05) is 0 Å². The summed E-state index contributed by atoms with van der Waals surface area (Å²) in [7, 11) is -3.66. The van der Waals surface area contributed by atoms with Crippen LogP contribution in [0.5, 0.6) is 0 Å². The number of aliphatic imine (C=N–C) groups is 2. The maximum Gasteiger partial charge on any atom is 0.299 e. The molecule has 1 aliphatic heterocycles. The van der Waals surface area contributed by atoms with E-state index in [-0.39, 0.29) is 71.9 Å². The van der Waals surface area contributed by atoms with Gasteiger partial charge in [0.15, 0.2) is 11.5 Å². The van der Waals surface area contributed by atoms with Crippen LogP contribution in [0.1, 0.15) is 12.5 Å². The Morgan fingerprint density at radius 2 is 1.60 bits per heavy atom. The zero-order valence-electron chi connectivity index (χ0n) is 22.3. The second-order valence-electron chi connectivity index (χ2n) is 9.15. The average Bonchev–Trinajstić information content (AvgIpc) is 3.16. The lowest BCUT2D eigenvalue weighted by molar-refractivity contribution is -0.114. The molecule has 0 aliphatic carbocycles. The number of nitrogens with zero attached hydrogens (tertiary/aromatic N) is 3. The first-order chi connectivity index (χ1) is 20.1. The molecule has 226 valence electrons. The first kappa shape index (κ1) is 32.8. The molecule has 0 bridgehead atoms. The molecule has 1 aliphatic rings. The summed E-state index contributed by atoms with van der Waals surface area (Å²) in [6, 6.07) is 10.6. The summed E-state index contributed by atoms with van der Waals surface area (Å²) in [5.41, 5.74) is 4.97. The van der Waals surface area contributed by atoms with Gasteiger partial charge in [0.1, 0.15) is 5.69 Å². The molecule has 11 nitrogen and oxygen atoms in total. The lowest BCUT2D eigenvalue weighted by Gasteiger charge is -2.18. The van der Waals surface area contributed by atoms with Crippen LogP contribution >= 0.6 is 58.0 Å². The SMILES string of the molecule is CC(=O)Nc1ccc(N=C2NN(c3c(Cl)cc(Cl)cc3Cl)C(=O)C2=Nc2cc(C)c(NCCS(N)(=O)=O)cc2Cl)c(Cl)c1. The molecule has 0 saturated carbocycles. The van der Waals surface area contributed by atoms with Crippen molar-refractivity contribution in [2.75, 3.05) is 27.9 Å². The Balaban J connectivity index is 1.79. The van der Waals surface area contributed by atoms with Crippen LogP contribution in [0.3, 0.4) is 0 Å². The number of amides is 2. The second-order valence-corrected chi connectivity index (χ2v) is 13.0. The zero-order chi connectivity index (χ0) is 31.6. The van der Waals surface area contributed by atoms with Gasteiger partial charge in [-0.05, 0) is 55.0 Å². The first-order valence-electron chi connectivity index (χ1n) is 12.2. The quantitative estimate of drug-likeness (QED) is 0.216. The van der Waals surface area contributed by atoms with Gasteiger partial charge >= 0.3 is 0 Å². The van der Waals surface area contributed by atoms with Gasteiger partial charge in [-0.3, -0.25) is 15.0 Å². The van der Waals surface area contributed by atoms with Crippen LogP contribution in [0.2, 0.25) is 25.1 Å². The van der Waals surface area contributed by atoms with Crippen LogP contribution in [0.15, 0.2) is 52.4 Å². The molecule has 3 aromatic carbocycles. The van der Waals surface area contributed by atoms with Gasteiger partial charge in [0, 0.05) is 29.9 Å². The zero-order valence-corrected chi connectivity index (χ0v) is 26.9. The number of benzene rings is 3. The second kappa shape index (κ2) is 13.3. The molecule has 0 aromatic heterocycles. The van der Waals surface area contributed by atoms with E-state index in [4.69, 9.17) is 63.1 Å². The molecule has 43 heavy (non-hydrogen) atoms. The van der Waals surface area contributed by atoms with Crippen LogP contribution in [0.4, 0.5) is 28.4 Å². The summed E-state index contributed by atoms with van der Waals surface area (Å²) in [5.74, 6) is -1.24. The fourth-order valence-electron chi connectivity index (χ4n) is 3.89. The van der Waals surface area contributed by atoms with Gasteiger partial charge in [0.05, 0.1) is 37.2 Å². The Kier molecular flexibility index (Phi) is 10.1. The standard InChI is InChI=1S/C26H22Cl5N7O4S/c1-12-7-22(17(29)11-21(12)33-5-6-43(32,41)42)35-23-25(36-20-4-3-15(10-16(20)28)34-13(2)39)37-38(26(23)40)24-18(30)8-14(27)9-19(24)31/h3-4,7-11,33H,5-6H2,1-2H3,(H,34,39)(H,36,37)(H2,32,41,42). The molecule has 1 saturated heterocycles. The molecule has 0 spiro atoms. The third-order valence-electron chi connectivity index (χ3n) is 5.78. The van der Waals surface area contributed by atoms with E-state index >= 15 is 0 Å². The molecule has 3 aromatic rings. The summed E-state index contributed by atoms with van der Waals surface area (Å²) in [6.07, 6.45) is 0. The number of anilines is 3. The number of sulfonamides is 1. The van der Waals surface area contributed by atoms with E-state index < -0.39 is 15.9 Å². The van der Waals surface area contributed by atoms with Crippen LogP contribution in [0.25, 0.3) is 0 Å². The van der Waals surface area contributed by atoms with Crippen molar-refractivity contribution < 1.29 is 18.0 Å². The highest BCUT2D eigenvalue weighted by molar-refractivity contribution is 7.89. The number of halogens is 5. The number of hydrogen-bond acceptors (Lipinski definition) is 7. The Labute approximate surface area is 272 Å². The highest BCUT2D eigenvalue weighted by atomic mass is 35.5. The summed E-state index contributed by atoms with van der Waals surface area (Å²) >= 11 is 31.8. The highest BCUT2D eigenvalue weighted by Crippen LogP contribution is 2.38. The van der Waals surface area contributed by atoms with Crippen molar-refractivity contribution in [1.82, 2.24) is 5.43 Å². The molecule has 4 rings (SSSR count). The van der Waals surface area contributed by atoms with Crippen molar-refractivity contribution >= 4 is 120 Å². The van der Waals surface area contributed by atoms with E-state index in [0.717, 1.165) is 5.01 Å². The Bertz CT molecular complexity index is 1790. The van der Waals surface area contributed by atoms with Gasteiger partial charge in [0.25, 0.3) is 5.91 Å². The van der Waals surface area contributed by atoms with Crippen LogP contribution in [0, 0.1) is 6.92 Å². The fraction of sp³-hybridized carbons (Fsp3) is 0.154. The topological polar surface area (TPSA) is 158 Å². The highest BCUT2D eigenvalue weighted by Gasteiger charge is 2.37. The number of hydrazine groups is 1. The monoisotopic (exact) mass is 703 g/mol.